The van der Waals surface area contributed by atoms with E-state index in [2.05, 4.69) is 48.9 Å². The number of hydrogen-bond donors (Lipinski definition) is 2. The van der Waals surface area contributed by atoms with Gasteiger partial charge in [-0.1, -0.05) is 64.2 Å². The number of benzene rings is 2. The van der Waals surface area contributed by atoms with Crippen molar-refractivity contribution in [3.63, 3.8) is 0 Å². The molecule has 2 amide bonds. The number of unbranched alkanes of at least 4 members (excludes halogenated alkanes) is 1. The molecular formula is C32H44N4O4. The molecule has 0 saturated heterocycles. The lowest BCUT2D eigenvalue weighted by Gasteiger charge is -2.23. The van der Waals surface area contributed by atoms with Crippen molar-refractivity contribution in [3.8, 4) is 5.75 Å². The maximum absolute atomic E-state index is 12.9. The average Bonchev–Trinajstić information content (AvgIpc) is 3.29. The van der Waals surface area contributed by atoms with Gasteiger partial charge in [0.25, 0.3) is 0 Å². The molecule has 8 heteroatoms. The number of nitrogens with zero attached hydrogens (tertiary/aromatic N) is 2. The van der Waals surface area contributed by atoms with Crippen molar-refractivity contribution < 1.29 is 19.1 Å². The molecule has 8 nitrogen and oxygen atoms in total. The van der Waals surface area contributed by atoms with E-state index in [9.17, 15) is 9.59 Å². The number of fused-ring (bicyclic) bond motifs is 1. The zero-order valence-corrected chi connectivity index (χ0v) is 24.2. The van der Waals surface area contributed by atoms with Crippen LogP contribution in [0.3, 0.4) is 0 Å². The van der Waals surface area contributed by atoms with Gasteiger partial charge in [0.2, 0.25) is 0 Å². The van der Waals surface area contributed by atoms with Gasteiger partial charge in [-0.15, -0.1) is 0 Å². The molecule has 0 aliphatic heterocycles. The fourth-order valence-electron chi connectivity index (χ4n) is 5.38. The van der Waals surface area contributed by atoms with Crippen molar-refractivity contribution in [2.75, 3.05) is 12.5 Å². The topological polar surface area (TPSA) is 94.5 Å². The molecule has 3 aromatic rings. The summed E-state index contributed by atoms with van der Waals surface area (Å²) >= 11 is 0. The molecule has 1 aliphatic rings. The maximum Gasteiger partial charge on any atom is 0.334 e. The van der Waals surface area contributed by atoms with Gasteiger partial charge in [0.1, 0.15) is 17.7 Å². The second-order valence-electron chi connectivity index (χ2n) is 10.8. The van der Waals surface area contributed by atoms with Crippen molar-refractivity contribution in [1.82, 2.24) is 15.0 Å². The van der Waals surface area contributed by atoms with Crippen LogP contribution in [-0.2, 0) is 22.4 Å². The van der Waals surface area contributed by atoms with E-state index < -0.39 is 0 Å². The predicted molar refractivity (Wildman–Crippen MR) is 158 cm³/mol. The maximum atomic E-state index is 12.9. The molecule has 1 unspecified atom stereocenters. The smallest absolute Gasteiger partial charge is 0.334 e. The lowest BCUT2D eigenvalue weighted by Crippen LogP contribution is -2.42. The second kappa shape index (κ2) is 14.7. The van der Waals surface area contributed by atoms with E-state index in [1.807, 2.05) is 22.9 Å². The number of ether oxygens (including phenoxy) is 2. The molecule has 1 aliphatic carbocycles. The number of urea groups is 1. The first-order valence-corrected chi connectivity index (χ1v) is 14.9. The third-order valence-corrected chi connectivity index (χ3v) is 7.56. The molecule has 1 saturated carbocycles. The van der Waals surface area contributed by atoms with Gasteiger partial charge in [-0.3, -0.25) is 4.79 Å². The number of esters is 1. The van der Waals surface area contributed by atoms with Gasteiger partial charge < -0.3 is 14.8 Å². The minimum atomic E-state index is -0.261. The monoisotopic (exact) mass is 548 g/mol. The molecular weight excluding hydrogens is 504 g/mol. The van der Waals surface area contributed by atoms with E-state index >= 15 is 0 Å². The van der Waals surface area contributed by atoms with Crippen LogP contribution in [0.2, 0.25) is 0 Å². The molecule has 1 heterocycles. The van der Waals surface area contributed by atoms with Gasteiger partial charge in [0.15, 0.2) is 0 Å². The predicted octanol–water partition coefficient (Wildman–Crippen LogP) is 6.67. The van der Waals surface area contributed by atoms with Crippen molar-refractivity contribution >= 4 is 23.0 Å². The number of nitrogens with one attached hydrogen (secondary N) is 2. The first-order chi connectivity index (χ1) is 19.5. The molecule has 40 heavy (non-hydrogen) atoms. The van der Waals surface area contributed by atoms with Crippen LogP contribution in [-0.4, -0.2) is 40.9 Å². The minimum absolute atomic E-state index is 0.168. The molecule has 216 valence electrons. The van der Waals surface area contributed by atoms with E-state index in [-0.39, 0.29) is 30.6 Å². The normalized spacial score (nSPS) is 14.6. The summed E-state index contributed by atoms with van der Waals surface area (Å²) in [4.78, 5) is 29.5. The van der Waals surface area contributed by atoms with E-state index in [0.29, 0.717) is 0 Å². The van der Waals surface area contributed by atoms with E-state index in [1.165, 1.54) is 26.4 Å². The number of rotatable bonds is 13. The average molecular weight is 549 g/mol. The number of aromatic nitrogens is 2. The molecule has 1 atom stereocenters. The highest BCUT2D eigenvalue weighted by Gasteiger charge is 2.19. The van der Waals surface area contributed by atoms with Crippen LogP contribution >= 0.6 is 0 Å². The largest absolute Gasteiger partial charge is 0.490 e. The molecule has 1 aromatic heterocycles. The van der Waals surface area contributed by atoms with Gasteiger partial charge in [0.05, 0.1) is 24.6 Å². The molecule has 0 bridgehead atoms. The lowest BCUT2D eigenvalue weighted by atomic mass is 9.96. The van der Waals surface area contributed by atoms with Crippen LogP contribution < -0.4 is 15.5 Å². The highest BCUT2D eigenvalue weighted by Crippen LogP contribution is 2.23. The third-order valence-electron chi connectivity index (χ3n) is 7.56. The quantitative estimate of drug-likeness (QED) is 0.233. The molecule has 0 spiro atoms. The van der Waals surface area contributed by atoms with E-state index in [4.69, 9.17) is 14.5 Å². The van der Waals surface area contributed by atoms with Gasteiger partial charge in [-0.25, -0.2) is 19.9 Å². The number of aryl methyl sites for hydroxylation is 1. The fraction of sp³-hybridized carbons (Fsp3) is 0.531. The number of methoxy groups -OCH3 is 1. The molecule has 2 aromatic carbocycles. The highest BCUT2D eigenvalue weighted by molar-refractivity contribution is 5.86. The molecule has 4 rings (SSSR count). The second-order valence-corrected chi connectivity index (χ2v) is 10.8. The number of imidazole rings is 1. The third kappa shape index (κ3) is 8.23. The zero-order valence-electron chi connectivity index (χ0n) is 24.2. The van der Waals surface area contributed by atoms with Gasteiger partial charge in [0, 0.05) is 12.5 Å². The summed E-state index contributed by atoms with van der Waals surface area (Å²) in [7, 11) is 1.40. The summed E-state index contributed by atoms with van der Waals surface area (Å²) < 4.78 is 12.8. The van der Waals surface area contributed by atoms with Crippen molar-refractivity contribution in [2.45, 2.75) is 103 Å². The van der Waals surface area contributed by atoms with Gasteiger partial charge in [-0.05, 0) is 67.5 Å². The molecule has 1 fully saturated rings. The summed E-state index contributed by atoms with van der Waals surface area (Å²) in [5.74, 6) is 1.36. The van der Waals surface area contributed by atoms with Crippen LogP contribution in [0.25, 0.3) is 11.0 Å². The summed E-state index contributed by atoms with van der Waals surface area (Å²) in [6.45, 7) is 4.23. The van der Waals surface area contributed by atoms with Crippen LogP contribution in [0, 0.1) is 0 Å². The first-order valence-electron chi connectivity index (χ1n) is 14.9. The van der Waals surface area contributed by atoms with E-state index in [1.54, 1.807) is 0 Å². The Labute approximate surface area is 237 Å². The summed E-state index contributed by atoms with van der Waals surface area (Å²) in [5.41, 5.74) is 7.16. The summed E-state index contributed by atoms with van der Waals surface area (Å²) in [5, 5.41) is 3.16. The Kier molecular flexibility index (Phi) is 10.8. The van der Waals surface area contributed by atoms with Crippen LogP contribution in [0.1, 0.15) is 95.0 Å². The number of hydrogen-bond acceptors (Lipinski definition) is 5. The minimum Gasteiger partial charge on any atom is -0.490 e. The Morgan fingerprint density at radius 2 is 1.77 bits per heavy atom. The van der Waals surface area contributed by atoms with Crippen LogP contribution in [0.15, 0.2) is 42.5 Å². The zero-order chi connectivity index (χ0) is 28.3. The summed E-state index contributed by atoms with van der Waals surface area (Å²) in [6, 6.07) is 14.4. The van der Waals surface area contributed by atoms with Crippen LogP contribution in [0.4, 0.5) is 4.79 Å². The van der Waals surface area contributed by atoms with Gasteiger partial charge >= 0.3 is 12.0 Å². The Balaban J connectivity index is 1.47. The molecule has 0 radical (unpaired) electrons. The molecule has 2 N–H and O–H groups in total. The Morgan fingerprint density at radius 3 is 2.48 bits per heavy atom. The van der Waals surface area contributed by atoms with Crippen molar-refractivity contribution in [3.05, 3.63) is 59.4 Å². The van der Waals surface area contributed by atoms with E-state index in [0.717, 1.165) is 85.1 Å². The highest BCUT2D eigenvalue weighted by atomic mass is 16.5. The Morgan fingerprint density at radius 1 is 1.02 bits per heavy atom. The first kappa shape index (κ1) is 29.4. The number of carbonyl (C=O) groups excluding carboxylic acids is 2. The Bertz CT molecular complexity index is 1250. The Hall–Kier alpha value is -3.55. The number of amides is 2. The SMILES string of the molecule is CCCCc1nc2ccc(Cc3ccc(OC(CCC)CC(=O)OC)cc3)cc2n1NC(=O)NC1CCCCC1. The van der Waals surface area contributed by atoms with Crippen molar-refractivity contribution in [1.29, 1.82) is 0 Å². The van der Waals surface area contributed by atoms with Gasteiger partial charge in [-0.2, -0.15) is 0 Å². The fourth-order valence-corrected chi connectivity index (χ4v) is 5.38. The summed E-state index contributed by atoms with van der Waals surface area (Å²) in [6.07, 6.45) is 11.0. The van der Waals surface area contributed by atoms with Crippen molar-refractivity contribution in [2.24, 2.45) is 0 Å². The lowest BCUT2D eigenvalue weighted by molar-refractivity contribution is -0.142. The number of carbonyl (C=O) groups is 2. The van der Waals surface area contributed by atoms with Crippen LogP contribution in [0.5, 0.6) is 5.75 Å². The standard InChI is InChI=1S/C32H44N4O4/c1-4-6-13-30-34-28-19-16-24(21-29(28)36(30)35-32(38)33-25-11-8-7-9-12-25)20-23-14-17-26(18-15-23)40-27(10-5-2)22-31(37)39-3/h14-19,21,25,27H,4-13,20,22H2,1-3H3,(H2,33,35,38).